The normalized spacial score (nSPS) is 20.8. The van der Waals surface area contributed by atoms with Crippen LogP contribution in [0, 0.1) is 0 Å². The molecule has 1 unspecified atom stereocenters. The maximum atomic E-state index is 12.0. The van der Waals surface area contributed by atoms with Gasteiger partial charge in [-0.15, -0.1) is 0 Å². The summed E-state index contributed by atoms with van der Waals surface area (Å²) in [5.41, 5.74) is 6.55. The van der Waals surface area contributed by atoms with Crippen molar-refractivity contribution in [1.29, 1.82) is 0 Å². The van der Waals surface area contributed by atoms with E-state index >= 15 is 0 Å². The Morgan fingerprint density at radius 2 is 2.00 bits per heavy atom. The zero-order valence-corrected chi connectivity index (χ0v) is 14.1. The monoisotopic (exact) mass is 354 g/mol. The van der Waals surface area contributed by atoms with E-state index in [2.05, 4.69) is 5.32 Å². The SMILES string of the molecule is N[C@@H](CC(=O)OCc1ccccc1)C(=O)NC1CCCS(=O)(=O)C1. The summed E-state index contributed by atoms with van der Waals surface area (Å²) in [6.07, 6.45) is 0.857. The first-order valence-electron chi connectivity index (χ1n) is 7.81. The first-order valence-corrected chi connectivity index (χ1v) is 9.64. The Kier molecular flexibility index (Phi) is 6.33. The summed E-state index contributed by atoms with van der Waals surface area (Å²) in [6, 6.07) is 7.67. The Bertz CT molecular complexity index is 675. The molecule has 132 valence electrons. The summed E-state index contributed by atoms with van der Waals surface area (Å²) in [6.45, 7) is 0.120. The molecule has 2 atom stereocenters. The first kappa shape index (κ1) is 18.4. The second kappa shape index (κ2) is 8.25. The number of esters is 1. The van der Waals surface area contributed by atoms with Crippen LogP contribution in [0.5, 0.6) is 0 Å². The number of hydrogen-bond donors (Lipinski definition) is 2. The summed E-state index contributed by atoms with van der Waals surface area (Å²) in [5, 5.41) is 2.60. The van der Waals surface area contributed by atoms with E-state index in [1.165, 1.54) is 0 Å². The molecule has 1 aromatic carbocycles. The van der Waals surface area contributed by atoms with Crippen molar-refractivity contribution in [2.24, 2.45) is 5.73 Å². The third-order valence-corrected chi connectivity index (χ3v) is 5.60. The van der Waals surface area contributed by atoms with E-state index in [1.54, 1.807) is 0 Å². The Balaban J connectivity index is 1.75. The lowest BCUT2D eigenvalue weighted by Crippen LogP contribution is -2.50. The molecule has 1 amide bonds. The molecule has 1 heterocycles. The molecule has 0 spiro atoms. The lowest BCUT2D eigenvalue weighted by Gasteiger charge is -2.24. The van der Waals surface area contributed by atoms with Crippen LogP contribution in [-0.2, 0) is 30.8 Å². The standard InChI is InChI=1S/C16H22N2O5S/c17-14(9-15(19)23-10-12-5-2-1-3-6-12)16(20)18-13-7-4-8-24(21,22)11-13/h1-3,5-6,13-14H,4,7-11,17H2,(H,18,20)/t13?,14-/m0/s1. The predicted molar refractivity (Wildman–Crippen MR) is 88.6 cm³/mol. The number of rotatable bonds is 6. The van der Waals surface area contributed by atoms with Crippen LogP contribution in [0.3, 0.4) is 0 Å². The van der Waals surface area contributed by atoms with Crippen molar-refractivity contribution in [3.63, 3.8) is 0 Å². The van der Waals surface area contributed by atoms with Crippen molar-refractivity contribution < 1.29 is 22.7 Å². The van der Waals surface area contributed by atoms with Crippen molar-refractivity contribution in [2.45, 2.75) is 38.0 Å². The third kappa shape index (κ3) is 5.93. The van der Waals surface area contributed by atoms with E-state index in [9.17, 15) is 18.0 Å². The quantitative estimate of drug-likeness (QED) is 0.702. The maximum absolute atomic E-state index is 12.0. The average Bonchev–Trinajstić information content (AvgIpc) is 2.53. The van der Waals surface area contributed by atoms with Gasteiger partial charge in [-0.2, -0.15) is 0 Å². The van der Waals surface area contributed by atoms with Crippen LogP contribution in [0.15, 0.2) is 30.3 Å². The molecule has 2 rings (SSSR count). The molecule has 0 radical (unpaired) electrons. The predicted octanol–water partition coefficient (Wildman–Crippen LogP) is 0.141. The number of sulfone groups is 1. The fourth-order valence-electron chi connectivity index (χ4n) is 2.51. The van der Waals surface area contributed by atoms with Gasteiger partial charge in [-0.3, -0.25) is 9.59 Å². The number of nitrogens with one attached hydrogen (secondary N) is 1. The van der Waals surface area contributed by atoms with Gasteiger partial charge in [0.25, 0.3) is 0 Å². The van der Waals surface area contributed by atoms with Crippen LogP contribution in [0.2, 0.25) is 0 Å². The Morgan fingerprint density at radius 1 is 1.29 bits per heavy atom. The number of ether oxygens (including phenoxy) is 1. The van der Waals surface area contributed by atoms with Crippen LogP contribution in [-0.4, -0.2) is 43.9 Å². The number of nitrogens with two attached hydrogens (primary N) is 1. The Hall–Kier alpha value is -1.93. The smallest absolute Gasteiger partial charge is 0.308 e. The number of hydrogen-bond acceptors (Lipinski definition) is 6. The molecule has 1 fully saturated rings. The Morgan fingerprint density at radius 3 is 2.67 bits per heavy atom. The van der Waals surface area contributed by atoms with Gasteiger partial charge in [0.15, 0.2) is 9.84 Å². The van der Waals surface area contributed by atoms with Gasteiger partial charge in [-0.05, 0) is 18.4 Å². The van der Waals surface area contributed by atoms with Gasteiger partial charge < -0.3 is 15.8 Å². The summed E-state index contributed by atoms with van der Waals surface area (Å²) in [7, 11) is -3.11. The molecule has 24 heavy (non-hydrogen) atoms. The zero-order valence-electron chi connectivity index (χ0n) is 13.3. The van der Waals surface area contributed by atoms with Gasteiger partial charge in [-0.1, -0.05) is 30.3 Å². The molecule has 1 aromatic rings. The van der Waals surface area contributed by atoms with Gasteiger partial charge in [0.2, 0.25) is 5.91 Å². The fourth-order valence-corrected chi connectivity index (χ4v) is 4.15. The molecule has 7 nitrogen and oxygen atoms in total. The van der Waals surface area contributed by atoms with Crippen molar-refractivity contribution in [3.8, 4) is 0 Å². The summed E-state index contributed by atoms with van der Waals surface area (Å²) in [4.78, 5) is 23.7. The second-order valence-electron chi connectivity index (χ2n) is 5.92. The molecule has 1 saturated heterocycles. The molecular weight excluding hydrogens is 332 g/mol. The lowest BCUT2D eigenvalue weighted by atomic mass is 10.1. The topological polar surface area (TPSA) is 116 Å². The molecular formula is C16H22N2O5S. The van der Waals surface area contributed by atoms with E-state index in [4.69, 9.17) is 10.5 Å². The van der Waals surface area contributed by atoms with Crippen LogP contribution < -0.4 is 11.1 Å². The van der Waals surface area contributed by atoms with Crippen molar-refractivity contribution in [3.05, 3.63) is 35.9 Å². The second-order valence-corrected chi connectivity index (χ2v) is 8.15. The van der Waals surface area contributed by atoms with Crippen molar-refractivity contribution >= 4 is 21.7 Å². The van der Waals surface area contributed by atoms with Crippen molar-refractivity contribution in [2.75, 3.05) is 11.5 Å². The van der Waals surface area contributed by atoms with Gasteiger partial charge in [0.05, 0.1) is 24.0 Å². The molecule has 3 N–H and O–H groups in total. The minimum atomic E-state index is -3.11. The van der Waals surface area contributed by atoms with Gasteiger partial charge in [-0.25, -0.2) is 8.42 Å². The highest BCUT2D eigenvalue weighted by atomic mass is 32.2. The van der Waals surface area contributed by atoms with E-state index in [0.717, 1.165) is 5.56 Å². The van der Waals surface area contributed by atoms with Crippen LogP contribution in [0.1, 0.15) is 24.8 Å². The number of benzene rings is 1. The van der Waals surface area contributed by atoms with E-state index in [0.29, 0.717) is 12.8 Å². The largest absolute Gasteiger partial charge is 0.461 e. The average molecular weight is 354 g/mol. The highest BCUT2D eigenvalue weighted by molar-refractivity contribution is 7.91. The van der Waals surface area contributed by atoms with Gasteiger partial charge in [0.1, 0.15) is 6.61 Å². The number of carbonyl (C=O) groups excluding carboxylic acids is 2. The van der Waals surface area contributed by atoms with E-state index in [1.807, 2.05) is 30.3 Å². The molecule has 0 aliphatic carbocycles. The first-order chi connectivity index (χ1) is 11.4. The lowest BCUT2D eigenvalue weighted by molar-refractivity contribution is -0.146. The third-order valence-electron chi connectivity index (χ3n) is 3.78. The van der Waals surface area contributed by atoms with Crippen LogP contribution in [0.4, 0.5) is 0 Å². The van der Waals surface area contributed by atoms with E-state index < -0.39 is 33.8 Å². The maximum Gasteiger partial charge on any atom is 0.308 e. The zero-order chi connectivity index (χ0) is 17.6. The van der Waals surface area contributed by atoms with Crippen molar-refractivity contribution in [1.82, 2.24) is 5.32 Å². The summed E-state index contributed by atoms with van der Waals surface area (Å²) >= 11 is 0. The molecule has 0 bridgehead atoms. The van der Waals surface area contributed by atoms with Gasteiger partial charge in [0, 0.05) is 6.04 Å². The van der Waals surface area contributed by atoms with Crippen LogP contribution >= 0.6 is 0 Å². The molecule has 1 aliphatic rings. The van der Waals surface area contributed by atoms with Crippen LogP contribution in [0.25, 0.3) is 0 Å². The van der Waals surface area contributed by atoms with Gasteiger partial charge >= 0.3 is 5.97 Å². The Labute approximate surface area is 141 Å². The number of carbonyl (C=O) groups is 2. The van der Waals surface area contributed by atoms with E-state index in [-0.39, 0.29) is 24.5 Å². The number of amides is 1. The minimum absolute atomic E-state index is 0.0795. The molecule has 8 heteroatoms. The fraction of sp³-hybridized carbons (Fsp3) is 0.500. The molecule has 0 aromatic heterocycles. The molecule has 0 saturated carbocycles. The molecule has 1 aliphatic heterocycles. The highest BCUT2D eigenvalue weighted by Gasteiger charge is 2.28. The highest BCUT2D eigenvalue weighted by Crippen LogP contribution is 2.12. The summed E-state index contributed by atoms with van der Waals surface area (Å²) in [5.74, 6) is -1.03. The minimum Gasteiger partial charge on any atom is -0.461 e. The summed E-state index contributed by atoms with van der Waals surface area (Å²) < 4.78 is 28.2.